The van der Waals surface area contributed by atoms with Crippen molar-refractivity contribution in [3.8, 4) is 142 Å². The van der Waals surface area contributed by atoms with Crippen molar-refractivity contribution in [2.75, 3.05) is 13.2 Å². The minimum absolute atomic E-state index is 0.236. The number of rotatable bonds is 22. The highest BCUT2D eigenvalue weighted by Crippen LogP contribution is 2.25. The van der Waals surface area contributed by atoms with Gasteiger partial charge in [0.25, 0.3) is 5.91 Å². The van der Waals surface area contributed by atoms with Gasteiger partial charge in [-0.3, -0.25) is 4.79 Å². The molecule has 1 heterocycles. The van der Waals surface area contributed by atoms with Crippen LogP contribution >= 0.6 is 0 Å². The molecule has 1 aliphatic rings. The number of aliphatic hydroxyl groups is 5. The normalized spacial score (nSPS) is 17.6. The van der Waals surface area contributed by atoms with Crippen molar-refractivity contribution in [1.82, 2.24) is 5.32 Å². The summed E-state index contributed by atoms with van der Waals surface area (Å²) in [6.45, 7) is 2.64. The molecule has 1 saturated heterocycles. The fraction of sp³-hybridized carbons (Fsp3) is 0.500. The maximum absolute atomic E-state index is 12.7. The Balaban J connectivity index is 2.80. The van der Waals surface area contributed by atoms with Gasteiger partial charge in [-0.25, -0.2) is 5.26 Å². The fourth-order valence-corrected chi connectivity index (χ4v) is 5.39. The second-order valence-corrected chi connectivity index (χ2v) is 13.1. The Morgan fingerprint density at radius 1 is 0.629 bits per heavy atom. The van der Waals surface area contributed by atoms with Crippen LogP contribution in [0.1, 0.15) is 97.3 Å². The molecule has 0 aromatic carbocycles. The van der Waals surface area contributed by atoms with Gasteiger partial charge in [0.05, 0.1) is 25.4 Å². The minimum Gasteiger partial charge on any atom is -0.394 e. The first-order valence-electron chi connectivity index (χ1n) is 20.1. The Morgan fingerprint density at radius 3 is 1.47 bits per heavy atom. The third kappa shape index (κ3) is 26.8. The molecular weight excluding hydrogens is 791 g/mol. The number of carbonyl (C=O) groups excluding carboxylic acids is 1. The zero-order valence-electron chi connectivity index (χ0n) is 34.9. The van der Waals surface area contributed by atoms with Crippen LogP contribution in [0, 0.1) is 142 Å². The molecule has 12 heteroatoms. The van der Waals surface area contributed by atoms with Gasteiger partial charge in [0, 0.05) is 41.4 Å². The number of carbonyl (C=O) groups is 1. The second kappa shape index (κ2) is 37.8. The molecule has 322 valence electrons. The van der Waals surface area contributed by atoms with Gasteiger partial charge < -0.3 is 40.3 Å². The molecule has 0 aliphatic carbocycles. The van der Waals surface area contributed by atoms with Crippen molar-refractivity contribution in [2.45, 2.75) is 146 Å². The number of aliphatic hydroxyl groups excluding tert-OH is 5. The lowest BCUT2D eigenvalue weighted by Gasteiger charge is -2.41. The highest BCUT2D eigenvalue weighted by Gasteiger charge is 2.47. The summed E-state index contributed by atoms with van der Waals surface area (Å²) in [6, 6.07) is -1.27. The van der Waals surface area contributed by atoms with Gasteiger partial charge in [0.1, 0.15) is 24.4 Å². The van der Waals surface area contributed by atoms with Crippen molar-refractivity contribution in [3.05, 3.63) is 0 Å². The van der Waals surface area contributed by atoms with E-state index in [1.807, 2.05) is 0 Å². The largest absolute Gasteiger partial charge is 0.394 e. The van der Waals surface area contributed by atoms with Crippen LogP contribution in [-0.2, 0) is 24.2 Å². The second-order valence-electron chi connectivity index (χ2n) is 13.1. The summed E-state index contributed by atoms with van der Waals surface area (Å²) < 4.78 is 11.0. The smallest absolute Gasteiger partial charge is 0.297 e. The summed E-state index contributed by atoms with van der Waals surface area (Å²) in [5.74, 6) is 58.3. The van der Waals surface area contributed by atoms with E-state index in [0.717, 1.165) is 25.7 Å². The fourth-order valence-electron chi connectivity index (χ4n) is 5.39. The van der Waals surface area contributed by atoms with E-state index in [1.165, 1.54) is 44.9 Å². The molecule has 7 N–H and O–H groups in total. The summed E-state index contributed by atoms with van der Waals surface area (Å²) in [7, 11) is 0. The van der Waals surface area contributed by atoms with E-state index in [1.54, 1.807) is 6.92 Å². The number of amides is 1. The van der Waals surface area contributed by atoms with Gasteiger partial charge in [-0.1, -0.05) is 94.9 Å². The van der Waals surface area contributed by atoms with Crippen LogP contribution < -0.4 is 5.32 Å². The number of unbranched alkanes of at least 4 members (excludes halogenated alkanes) is 11. The number of hydrogen-bond acceptors (Lipinski definition) is 11. The standard InChI is InChI=1S/C50H51NO11/c1-3-5-7-9-11-13-15-17-18-19-20-21-22-23-24-25-26-27-29-31-33-35-37-39-45(54)51-42(41-59-50-48(57)49(61-62-58)47(56)44(40-52)60-50)46(55)43(53)38-36-34-32-30-28-16-14-12-10-8-6-4-2/h42-44,46-50,52-53,55-58H,4,6,8,10,12,14,16,28,30,32,34,36,38,40-41H2,1-2H3,(H,51,54)/t42?,43-,44?,46+,47?,48?,49?,50?/m1/s1. The van der Waals surface area contributed by atoms with E-state index < -0.39 is 68.1 Å². The zero-order chi connectivity index (χ0) is 45.3. The Kier molecular flexibility index (Phi) is 32.8. The van der Waals surface area contributed by atoms with Gasteiger partial charge in [0.15, 0.2) is 12.4 Å². The lowest BCUT2D eigenvalue weighted by molar-refractivity contribution is -0.526. The molecule has 1 amide bonds. The van der Waals surface area contributed by atoms with Crippen molar-refractivity contribution >= 4 is 5.91 Å². The highest BCUT2D eigenvalue weighted by molar-refractivity contribution is 5.94. The molecule has 0 aromatic heterocycles. The van der Waals surface area contributed by atoms with Crippen LogP contribution in [0.4, 0.5) is 0 Å². The lowest BCUT2D eigenvalue weighted by atomic mass is 9.98. The Hall–Kier alpha value is -6.21. The van der Waals surface area contributed by atoms with Crippen molar-refractivity contribution in [1.29, 1.82) is 0 Å². The molecule has 0 spiro atoms. The van der Waals surface area contributed by atoms with Crippen LogP contribution in [0.25, 0.3) is 0 Å². The SMILES string of the molecule is CC#CC#CC#CC#CC#CC#CC#CC#CC#CC#CC#CC#CC(=O)NC(COC1OC(CO)C(O)C(OOO)C1O)[C@H](O)[C@H](O)CCCCCCCCCCCCCC. The summed E-state index contributed by atoms with van der Waals surface area (Å²) in [5, 5.41) is 67.2. The van der Waals surface area contributed by atoms with Gasteiger partial charge in [-0.05, 0) is 108 Å². The molecule has 12 nitrogen and oxygen atoms in total. The zero-order valence-corrected chi connectivity index (χ0v) is 34.9. The first kappa shape index (κ1) is 53.8. The van der Waals surface area contributed by atoms with E-state index >= 15 is 0 Å². The molecule has 8 atom stereocenters. The third-order valence-electron chi connectivity index (χ3n) is 8.51. The van der Waals surface area contributed by atoms with E-state index in [2.05, 4.69) is 164 Å². The maximum atomic E-state index is 12.7. The molecule has 62 heavy (non-hydrogen) atoms. The first-order chi connectivity index (χ1) is 30.3. The number of hydrogen-bond donors (Lipinski definition) is 7. The lowest BCUT2D eigenvalue weighted by Crippen LogP contribution is -2.61. The molecule has 0 aromatic rings. The van der Waals surface area contributed by atoms with Crippen molar-refractivity contribution in [2.24, 2.45) is 0 Å². The van der Waals surface area contributed by atoms with Crippen LogP contribution in [0.15, 0.2) is 0 Å². The molecule has 1 rings (SSSR count). The quantitative estimate of drug-likeness (QED) is 0.0364. The predicted octanol–water partition coefficient (Wildman–Crippen LogP) is 1.59. The van der Waals surface area contributed by atoms with Gasteiger partial charge in [-0.2, -0.15) is 4.89 Å². The number of ether oxygens (including phenoxy) is 2. The molecule has 6 unspecified atom stereocenters. The molecule has 0 radical (unpaired) electrons. The maximum Gasteiger partial charge on any atom is 0.297 e. The third-order valence-corrected chi connectivity index (χ3v) is 8.51. The molecule has 0 bridgehead atoms. The summed E-state index contributed by atoms with van der Waals surface area (Å²) in [4.78, 5) is 17.3. The van der Waals surface area contributed by atoms with E-state index in [9.17, 15) is 30.3 Å². The van der Waals surface area contributed by atoms with Gasteiger partial charge in [-0.15, -0.1) is 0 Å². The number of nitrogens with one attached hydrogen (secondary N) is 1. The van der Waals surface area contributed by atoms with Gasteiger partial charge >= 0.3 is 0 Å². The van der Waals surface area contributed by atoms with E-state index in [4.69, 9.17) is 14.7 Å². The highest BCUT2D eigenvalue weighted by atomic mass is 17.5. The summed E-state index contributed by atoms with van der Waals surface area (Å²) >= 11 is 0. The molecule has 0 saturated carbocycles. The Morgan fingerprint density at radius 2 is 1.05 bits per heavy atom. The van der Waals surface area contributed by atoms with Crippen LogP contribution in [-0.4, -0.2) is 98.9 Å². The molecular formula is C50H51NO11. The minimum atomic E-state index is -1.75. The van der Waals surface area contributed by atoms with Crippen LogP contribution in [0.3, 0.4) is 0 Å². The average Bonchev–Trinajstić information content (AvgIpc) is 3.27. The van der Waals surface area contributed by atoms with Crippen molar-refractivity contribution < 1.29 is 55.0 Å². The summed E-state index contributed by atoms with van der Waals surface area (Å²) in [6.07, 6.45) is 3.13. The van der Waals surface area contributed by atoms with Gasteiger partial charge in [0.2, 0.25) is 0 Å². The molecule has 1 aliphatic heterocycles. The van der Waals surface area contributed by atoms with Crippen molar-refractivity contribution in [3.63, 3.8) is 0 Å². The average molecular weight is 842 g/mol. The van der Waals surface area contributed by atoms with Crippen LogP contribution in [0.2, 0.25) is 0 Å². The van der Waals surface area contributed by atoms with Crippen LogP contribution in [0.5, 0.6) is 0 Å². The first-order valence-corrected chi connectivity index (χ1v) is 20.1. The Bertz CT molecular complexity index is 2180. The topological polar surface area (TPSA) is 187 Å². The predicted molar refractivity (Wildman–Crippen MR) is 231 cm³/mol. The Labute approximate surface area is 366 Å². The van der Waals surface area contributed by atoms with E-state index in [-0.39, 0.29) is 6.42 Å². The van der Waals surface area contributed by atoms with E-state index in [0.29, 0.717) is 6.42 Å². The molecule has 1 fully saturated rings. The summed E-state index contributed by atoms with van der Waals surface area (Å²) in [5.41, 5.74) is 0. The monoisotopic (exact) mass is 841 g/mol.